The van der Waals surface area contributed by atoms with E-state index < -0.39 is 5.60 Å². The van der Waals surface area contributed by atoms with E-state index in [9.17, 15) is 14.0 Å². The fourth-order valence-electron chi connectivity index (χ4n) is 2.92. The van der Waals surface area contributed by atoms with E-state index in [1.54, 1.807) is 29.0 Å². The Balaban J connectivity index is 1.94. The molecule has 1 saturated heterocycles. The van der Waals surface area contributed by atoms with Gasteiger partial charge in [0.25, 0.3) is 0 Å². The van der Waals surface area contributed by atoms with E-state index in [0.29, 0.717) is 19.6 Å². The summed E-state index contributed by atoms with van der Waals surface area (Å²) < 4.78 is 18.4. The van der Waals surface area contributed by atoms with Crippen molar-refractivity contribution in [3.8, 4) is 0 Å². The number of carbonyl (C=O) groups is 2. The SMILES string of the molecule is CN(Cc1ccc(F)cc1)C(=O)[C@@H]1CCCN(C(=O)OC(C)(C)C)C1. The first-order valence-electron chi connectivity index (χ1n) is 8.63. The zero-order chi connectivity index (χ0) is 18.6. The van der Waals surface area contributed by atoms with Crippen molar-refractivity contribution in [1.82, 2.24) is 9.80 Å². The van der Waals surface area contributed by atoms with Gasteiger partial charge in [-0.1, -0.05) is 12.1 Å². The maximum Gasteiger partial charge on any atom is 0.410 e. The number of hydrogen-bond donors (Lipinski definition) is 0. The normalized spacial score (nSPS) is 18.0. The molecule has 1 aliphatic heterocycles. The summed E-state index contributed by atoms with van der Waals surface area (Å²) in [6.07, 6.45) is 1.16. The first kappa shape index (κ1) is 19.2. The predicted octanol–water partition coefficient (Wildman–Crippen LogP) is 3.43. The molecule has 0 N–H and O–H groups in total. The lowest BCUT2D eigenvalue weighted by molar-refractivity contribution is -0.136. The third kappa shape index (κ3) is 5.73. The van der Waals surface area contributed by atoms with Crippen molar-refractivity contribution in [2.24, 2.45) is 5.92 Å². The number of rotatable bonds is 3. The molecule has 5 nitrogen and oxygen atoms in total. The quantitative estimate of drug-likeness (QED) is 0.839. The van der Waals surface area contributed by atoms with Crippen LogP contribution in [0.25, 0.3) is 0 Å². The largest absolute Gasteiger partial charge is 0.444 e. The van der Waals surface area contributed by atoms with Crippen LogP contribution in [0, 0.1) is 11.7 Å². The molecule has 1 fully saturated rings. The molecular formula is C19H27FN2O3. The number of amides is 2. The van der Waals surface area contributed by atoms with E-state index >= 15 is 0 Å². The second kappa shape index (κ2) is 7.85. The van der Waals surface area contributed by atoms with Crippen LogP contribution in [0.4, 0.5) is 9.18 Å². The van der Waals surface area contributed by atoms with Crippen LogP contribution in [-0.2, 0) is 16.1 Å². The standard InChI is InChI=1S/C19H27FN2O3/c1-19(2,3)25-18(24)22-11-5-6-15(13-22)17(23)21(4)12-14-7-9-16(20)10-8-14/h7-10,15H,5-6,11-13H2,1-4H3/t15-/m1/s1. The average molecular weight is 350 g/mol. The minimum absolute atomic E-state index is 0.00224. The van der Waals surface area contributed by atoms with Gasteiger partial charge < -0.3 is 14.5 Å². The smallest absolute Gasteiger partial charge is 0.410 e. The fraction of sp³-hybridized carbons (Fsp3) is 0.579. The van der Waals surface area contributed by atoms with Gasteiger partial charge in [-0.05, 0) is 51.3 Å². The summed E-state index contributed by atoms with van der Waals surface area (Å²) in [5, 5.41) is 0. The van der Waals surface area contributed by atoms with Crippen molar-refractivity contribution in [2.45, 2.75) is 45.8 Å². The van der Waals surface area contributed by atoms with E-state index in [-0.39, 0.29) is 23.7 Å². The number of carbonyl (C=O) groups excluding carboxylic acids is 2. The number of piperidine rings is 1. The second-order valence-electron chi connectivity index (χ2n) is 7.59. The van der Waals surface area contributed by atoms with Crippen LogP contribution in [0.15, 0.2) is 24.3 Å². The Bertz CT molecular complexity index is 610. The van der Waals surface area contributed by atoms with Crippen molar-refractivity contribution >= 4 is 12.0 Å². The maximum absolute atomic E-state index is 13.0. The third-order valence-corrected chi connectivity index (χ3v) is 4.13. The van der Waals surface area contributed by atoms with Gasteiger partial charge in [-0.15, -0.1) is 0 Å². The van der Waals surface area contributed by atoms with Crippen LogP contribution in [0.3, 0.4) is 0 Å². The van der Waals surface area contributed by atoms with Crippen LogP contribution in [0.2, 0.25) is 0 Å². The highest BCUT2D eigenvalue weighted by Gasteiger charge is 2.32. The van der Waals surface area contributed by atoms with Gasteiger partial charge in [0.15, 0.2) is 0 Å². The summed E-state index contributed by atoms with van der Waals surface area (Å²) >= 11 is 0. The number of likely N-dealkylation sites (tertiary alicyclic amines) is 1. The number of nitrogens with zero attached hydrogens (tertiary/aromatic N) is 2. The van der Waals surface area contributed by atoms with Crippen LogP contribution in [0.1, 0.15) is 39.2 Å². The Morgan fingerprint density at radius 3 is 2.52 bits per heavy atom. The minimum Gasteiger partial charge on any atom is -0.444 e. The Kier molecular flexibility index (Phi) is 6.03. The molecule has 0 radical (unpaired) electrons. The summed E-state index contributed by atoms with van der Waals surface area (Å²) in [6, 6.07) is 6.12. The van der Waals surface area contributed by atoms with Gasteiger partial charge in [0, 0.05) is 26.7 Å². The van der Waals surface area contributed by atoms with Crippen molar-refractivity contribution in [3.05, 3.63) is 35.6 Å². The van der Waals surface area contributed by atoms with Crippen LogP contribution >= 0.6 is 0 Å². The Labute approximate surface area is 148 Å². The molecule has 0 bridgehead atoms. The van der Waals surface area contributed by atoms with Crippen molar-refractivity contribution < 1.29 is 18.7 Å². The summed E-state index contributed by atoms with van der Waals surface area (Å²) in [5.74, 6) is -0.526. The summed E-state index contributed by atoms with van der Waals surface area (Å²) in [6.45, 7) is 6.89. The molecule has 0 saturated carbocycles. The zero-order valence-electron chi connectivity index (χ0n) is 15.4. The van der Waals surface area contributed by atoms with Crippen LogP contribution < -0.4 is 0 Å². The molecule has 6 heteroatoms. The molecule has 0 aliphatic carbocycles. The van der Waals surface area contributed by atoms with E-state index in [1.807, 2.05) is 20.8 Å². The van der Waals surface area contributed by atoms with Crippen molar-refractivity contribution in [3.63, 3.8) is 0 Å². The lowest BCUT2D eigenvalue weighted by Crippen LogP contribution is -2.47. The number of halogens is 1. The van der Waals surface area contributed by atoms with Gasteiger partial charge in [0.1, 0.15) is 11.4 Å². The van der Waals surface area contributed by atoms with E-state index in [0.717, 1.165) is 18.4 Å². The molecule has 1 aromatic carbocycles. The van der Waals surface area contributed by atoms with E-state index in [2.05, 4.69) is 0 Å². The molecular weight excluding hydrogens is 323 g/mol. The minimum atomic E-state index is -0.548. The van der Waals surface area contributed by atoms with Crippen LogP contribution in [0.5, 0.6) is 0 Å². The summed E-state index contributed by atoms with van der Waals surface area (Å²) in [4.78, 5) is 28.2. The highest BCUT2D eigenvalue weighted by Crippen LogP contribution is 2.21. The molecule has 0 unspecified atom stereocenters. The topological polar surface area (TPSA) is 49.9 Å². The van der Waals surface area contributed by atoms with Gasteiger partial charge >= 0.3 is 6.09 Å². The maximum atomic E-state index is 13.0. The first-order valence-corrected chi connectivity index (χ1v) is 8.63. The van der Waals surface area contributed by atoms with Gasteiger partial charge in [0.2, 0.25) is 5.91 Å². The summed E-state index contributed by atoms with van der Waals surface area (Å²) in [7, 11) is 1.73. The molecule has 138 valence electrons. The lowest BCUT2D eigenvalue weighted by atomic mass is 9.96. The highest BCUT2D eigenvalue weighted by atomic mass is 19.1. The van der Waals surface area contributed by atoms with Crippen molar-refractivity contribution in [1.29, 1.82) is 0 Å². The number of hydrogen-bond acceptors (Lipinski definition) is 3. The molecule has 1 aromatic rings. The Hall–Kier alpha value is -2.11. The number of ether oxygens (including phenoxy) is 1. The molecule has 0 spiro atoms. The second-order valence-corrected chi connectivity index (χ2v) is 7.59. The van der Waals surface area contributed by atoms with Gasteiger partial charge in [-0.2, -0.15) is 0 Å². The van der Waals surface area contributed by atoms with Gasteiger partial charge in [0.05, 0.1) is 5.92 Å². The van der Waals surface area contributed by atoms with Crippen LogP contribution in [-0.4, -0.2) is 47.5 Å². The number of benzene rings is 1. The molecule has 1 atom stereocenters. The third-order valence-electron chi connectivity index (χ3n) is 4.13. The van der Waals surface area contributed by atoms with Gasteiger partial charge in [-0.3, -0.25) is 4.79 Å². The van der Waals surface area contributed by atoms with E-state index in [1.165, 1.54) is 12.1 Å². The molecule has 25 heavy (non-hydrogen) atoms. The Morgan fingerprint density at radius 2 is 1.92 bits per heavy atom. The van der Waals surface area contributed by atoms with Crippen molar-refractivity contribution in [2.75, 3.05) is 20.1 Å². The first-order chi connectivity index (χ1) is 11.7. The fourth-order valence-corrected chi connectivity index (χ4v) is 2.92. The van der Waals surface area contributed by atoms with Gasteiger partial charge in [-0.25, -0.2) is 9.18 Å². The zero-order valence-corrected chi connectivity index (χ0v) is 15.4. The molecule has 1 heterocycles. The average Bonchev–Trinajstić information content (AvgIpc) is 2.55. The molecule has 1 aliphatic rings. The molecule has 2 rings (SSSR count). The highest BCUT2D eigenvalue weighted by molar-refractivity contribution is 5.80. The Morgan fingerprint density at radius 1 is 1.28 bits per heavy atom. The molecule has 0 aromatic heterocycles. The monoisotopic (exact) mass is 350 g/mol. The summed E-state index contributed by atoms with van der Waals surface area (Å²) in [5.41, 5.74) is 0.324. The van der Waals surface area contributed by atoms with E-state index in [4.69, 9.17) is 4.74 Å². The lowest BCUT2D eigenvalue weighted by Gasteiger charge is -2.35. The molecule has 2 amide bonds. The predicted molar refractivity (Wildman–Crippen MR) is 93.4 cm³/mol.